The summed E-state index contributed by atoms with van der Waals surface area (Å²) in [5.41, 5.74) is 0. The molecule has 0 spiro atoms. The van der Waals surface area contributed by atoms with Gasteiger partial charge in [-0.1, -0.05) is 12.2 Å². The summed E-state index contributed by atoms with van der Waals surface area (Å²) >= 11 is 0. The largest absolute Gasteiger partial charge is 0.0885 e. The van der Waals surface area contributed by atoms with Crippen LogP contribution >= 0.6 is 0 Å². The molecule has 9 heavy (non-hydrogen) atoms. The van der Waals surface area contributed by atoms with Crippen molar-refractivity contribution in [3.05, 3.63) is 12.2 Å². The van der Waals surface area contributed by atoms with Crippen LogP contribution < -0.4 is 0 Å². The quantitative estimate of drug-likeness (QED) is 0.433. The predicted octanol–water partition coefficient (Wildman–Crippen LogP) is 2.75. The van der Waals surface area contributed by atoms with Crippen LogP contribution in [0.4, 0.5) is 0 Å². The second-order valence-corrected chi connectivity index (χ2v) is 3.38. The van der Waals surface area contributed by atoms with Gasteiger partial charge >= 0.3 is 0 Å². The van der Waals surface area contributed by atoms with Gasteiger partial charge in [-0.2, -0.15) is 0 Å². The van der Waals surface area contributed by atoms with Gasteiger partial charge in [0.15, 0.2) is 0 Å². The zero-order valence-corrected chi connectivity index (χ0v) is 5.84. The van der Waals surface area contributed by atoms with Crippen molar-refractivity contribution in [2.24, 2.45) is 11.8 Å². The zero-order valence-electron chi connectivity index (χ0n) is 5.84. The first-order valence-corrected chi connectivity index (χ1v) is 4.12. The number of fused-ring (bicyclic) bond motifs is 1. The number of hydrogen-bond donors (Lipinski definition) is 0. The van der Waals surface area contributed by atoms with Crippen molar-refractivity contribution in [3.63, 3.8) is 0 Å². The normalized spacial score (nSPS) is 40.9. The average Bonchev–Trinajstić information content (AvgIpc) is 2.46. The molecule has 0 radical (unpaired) electrons. The van der Waals surface area contributed by atoms with Gasteiger partial charge in [0.2, 0.25) is 0 Å². The molecule has 2 rings (SSSR count). The fourth-order valence-electron chi connectivity index (χ4n) is 1.87. The number of allylic oxidation sites excluding steroid dienone is 2. The predicted molar refractivity (Wildman–Crippen MR) is 39.2 cm³/mol. The van der Waals surface area contributed by atoms with Gasteiger partial charge in [-0.3, -0.25) is 0 Å². The summed E-state index contributed by atoms with van der Waals surface area (Å²) in [4.78, 5) is 0. The van der Waals surface area contributed by atoms with Crippen LogP contribution in [0.5, 0.6) is 0 Å². The topological polar surface area (TPSA) is 0 Å². The molecule has 2 aliphatic rings. The molecule has 0 aliphatic heterocycles. The summed E-state index contributed by atoms with van der Waals surface area (Å²) in [6.45, 7) is 0. The molecule has 0 aromatic rings. The highest BCUT2D eigenvalue weighted by Gasteiger charge is 2.35. The van der Waals surface area contributed by atoms with Crippen molar-refractivity contribution < 1.29 is 0 Å². The van der Waals surface area contributed by atoms with Crippen LogP contribution in [-0.4, -0.2) is 0 Å². The van der Waals surface area contributed by atoms with E-state index in [4.69, 9.17) is 0 Å². The smallest absolute Gasteiger partial charge is 0.0348 e. The molecule has 0 amide bonds. The van der Waals surface area contributed by atoms with E-state index < -0.39 is 0 Å². The lowest BCUT2D eigenvalue weighted by Crippen LogP contribution is -1.85. The third kappa shape index (κ3) is 1.17. The van der Waals surface area contributed by atoms with Crippen LogP contribution in [0.15, 0.2) is 12.2 Å². The monoisotopic (exact) mass is 122 g/mol. The van der Waals surface area contributed by atoms with Gasteiger partial charge in [-0.05, 0) is 43.9 Å². The summed E-state index contributed by atoms with van der Waals surface area (Å²) in [5, 5.41) is 0. The Morgan fingerprint density at radius 3 is 2.00 bits per heavy atom. The molecule has 0 aromatic heterocycles. The molecular formula is C9H14. The lowest BCUT2D eigenvalue weighted by molar-refractivity contribution is 0.605. The van der Waals surface area contributed by atoms with Gasteiger partial charge in [0, 0.05) is 0 Å². The number of hydrogen-bond acceptors (Lipinski definition) is 0. The molecule has 1 saturated carbocycles. The Balaban J connectivity index is 1.91. The first kappa shape index (κ1) is 5.52. The summed E-state index contributed by atoms with van der Waals surface area (Å²) in [6.07, 6.45) is 11.9. The first-order chi connectivity index (χ1) is 4.47. The van der Waals surface area contributed by atoms with Crippen molar-refractivity contribution in [1.29, 1.82) is 0 Å². The summed E-state index contributed by atoms with van der Waals surface area (Å²) < 4.78 is 0. The van der Waals surface area contributed by atoms with Crippen LogP contribution in [0, 0.1) is 11.8 Å². The standard InChI is InChI=1S/C9H14/c1-2-4-6-9-7-8(9)5-3-1/h1-2,8-9H,3-7H2/t8-,9-/m0/s1. The van der Waals surface area contributed by atoms with E-state index in [1.165, 1.54) is 25.7 Å². The van der Waals surface area contributed by atoms with Crippen molar-refractivity contribution in [1.82, 2.24) is 0 Å². The molecule has 0 aromatic carbocycles. The Labute approximate surface area is 57.0 Å². The lowest BCUT2D eigenvalue weighted by atomic mass is 10.1. The highest BCUT2D eigenvalue weighted by Crippen LogP contribution is 2.45. The molecule has 0 N–H and O–H groups in total. The number of rotatable bonds is 0. The minimum Gasteiger partial charge on any atom is -0.0885 e. The van der Waals surface area contributed by atoms with Gasteiger partial charge < -0.3 is 0 Å². The molecule has 50 valence electrons. The molecule has 0 heterocycles. The van der Waals surface area contributed by atoms with E-state index >= 15 is 0 Å². The van der Waals surface area contributed by atoms with Crippen molar-refractivity contribution in [2.75, 3.05) is 0 Å². The highest BCUT2D eigenvalue weighted by atomic mass is 14.4. The Bertz CT molecular complexity index is 110. The lowest BCUT2D eigenvalue weighted by Gasteiger charge is -1.99. The van der Waals surface area contributed by atoms with E-state index in [1.807, 2.05) is 0 Å². The van der Waals surface area contributed by atoms with E-state index in [2.05, 4.69) is 12.2 Å². The third-order valence-electron chi connectivity index (χ3n) is 2.64. The van der Waals surface area contributed by atoms with Crippen molar-refractivity contribution in [2.45, 2.75) is 32.1 Å². The summed E-state index contributed by atoms with van der Waals surface area (Å²) in [7, 11) is 0. The van der Waals surface area contributed by atoms with Crippen molar-refractivity contribution >= 4 is 0 Å². The maximum absolute atomic E-state index is 2.36. The van der Waals surface area contributed by atoms with Gasteiger partial charge in [0.1, 0.15) is 0 Å². The Morgan fingerprint density at radius 2 is 1.44 bits per heavy atom. The summed E-state index contributed by atoms with van der Waals surface area (Å²) in [6, 6.07) is 0. The Hall–Kier alpha value is -0.260. The maximum atomic E-state index is 2.36. The maximum Gasteiger partial charge on any atom is -0.0348 e. The molecule has 0 nitrogen and oxygen atoms in total. The van der Waals surface area contributed by atoms with Gasteiger partial charge in [0.25, 0.3) is 0 Å². The van der Waals surface area contributed by atoms with Gasteiger partial charge in [-0.25, -0.2) is 0 Å². The van der Waals surface area contributed by atoms with Crippen LogP contribution in [0.1, 0.15) is 32.1 Å². The second kappa shape index (κ2) is 2.17. The van der Waals surface area contributed by atoms with Gasteiger partial charge in [-0.15, -0.1) is 0 Å². The molecule has 0 heteroatoms. The van der Waals surface area contributed by atoms with E-state index in [9.17, 15) is 0 Å². The molecule has 0 unspecified atom stereocenters. The first-order valence-electron chi connectivity index (χ1n) is 4.12. The molecule has 2 aliphatic carbocycles. The fourth-order valence-corrected chi connectivity index (χ4v) is 1.87. The van der Waals surface area contributed by atoms with Gasteiger partial charge in [0.05, 0.1) is 0 Å². The van der Waals surface area contributed by atoms with E-state index in [0.717, 1.165) is 11.8 Å². The van der Waals surface area contributed by atoms with Crippen LogP contribution in [0.2, 0.25) is 0 Å². The van der Waals surface area contributed by atoms with E-state index in [-0.39, 0.29) is 0 Å². The molecule has 0 bridgehead atoms. The van der Waals surface area contributed by atoms with E-state index in [1.54, 1.807) is 6.42 Å². The molecular weight excluding hydrogens is 108 g/mol. The fraction of sp³-hybridized carbons (Fsp3) is 0.778. The molecule has 0 saturated heterocycles. The second-order valence-electron chi connectivity index (χ2n) is 3.38. The third-order valence-corrected chi connectivity index (χ3v) is 2.64. The highest BCUT2D eigenvalue weighted by molar-refractivity contribution is 4.94. The SMILES string of the molecule is C1=CCC[C@H]2C[C@@H]2CC1. The molecule has 2 atom stereocenters. The summed E-state index contributed by atoms with van der Waals surface area (Å²) in [5.74, 6) is 2.27. The van der Waals surface area contributed by atoms with Crippen LogP contribution in [0.25, 0.3) is 0 Å². The van der Waals surface area contributed by atoms with Crippen LogP contribution in [0.3, 0.4) is 0 Å². The minimum absolute atomic E-state index is 1.13. The van der Waals surface area contributed by atoms with E-state index in [0.29, 0.717) is 0 Å². The zero-order chi connectivity index (χ0) is 6.10. The molecule has 1 fully saturated rings. The van der Waals surface area contributed by atoms with Crippen molar-refractivity contribution in [3.8, 4) is 0 Å². The minimum atomic E-state index is 1.13. The Kier molecular flexibility index (Phi) is 1.33. The Morgan fingerprint density at radius 1 is 0.889 bits per heavy atom. The average molecular weight is 122 g/mol. The van der Waals surface area contributed by atoms with Crippen LogP contribution in [-0.2, 0) is 0 Å².